The lowest BCUT2D eigenvalue weighted by Gasteiger charge is -2.41. The molecule has 2 atom stereocenters. The minimum Gasteiger partial charge on any atom is -0.468 e. The van der Waals surface area contributed by atoms with Crippen molar-refractivity contribution in [1.29, 1.82) is 0 Å². The number of ketones is 1. The summed E-state index contributed by atoms with van der Waals surface area (Å²) in [6.45, 7) is 0. The standard InChI is InChI=1S/C16H18O5/c1-20-13(18)16(14(19)21-2)8-4-7-15-6-3-5-10(15)11(17)9-12(15)16/h4,7,9-10H,3,5-6,8H2,1-2H3/t10-,15+/m1/s1. The van der Waals surface area contributed by atoms with Gasteiger partial charge >= 0.3 is 11.9 Å². The van der Waals surface area contributed by atoms with Crippen molar-refractivity contribution in [2.75, 3.05) is 14.2 Å². The SMILES string of the molecule is COC(=O)C1(C(=O)OC)CC=C[C@@]23CCC[C@@H]2C(=O)C=C13. The molecule has 0 aromatic rings. The first-order chi connectivity index (χ1) is 10.0. The van der Waals surface area contributed by atoms with E-state index in [1.54, 1.807) is 0 Å². The first-order valence-electron chi connectivity index (χ1n) is 7.14. The van der Waals surface area contributed by atoms with Gasteiger partial charge in [0.25, 0.3) is 0 Å². The second-order valence-electron chi connectivity index (χ2n) is 5.94. The van der Waals surface area contributed by atoms with Crippen LogP contribution in [0.4, 0.5) is 0 Å². The molecule has 1 spiro atoms. The van der Waals surface area contributed by atoms with Crippen molar-refractivity contribution < 1.29 is 23.9 Å². The lowest BCUT2D eigenvalue weighted by molar-refractivity contribution is -0.167. The highest BCUT2D eigenvalue weighted by Gasteiger charge is 2.64. The van der Waals surface area contributed by atoms with Gasteiger partial charge in [-0.15, -0.1) is 0 Å². The minimum atomic E-state index is -1.51. The number of carbonyl (C=O) groups is 3. The van der Waals surface area contributed by atoms with Gasteiger partial charge in [-0.2, -0.15) is 0 Å². The molecule has 0 saturated heterocycles. The van der Waals surface area contributed by atoms with E-state index in [-0.39, 0.29) is 18.1 Å². The molecule has 1 saturated carbocycles. The van der Waals surface area contributed by atoms with Crippen LogP contribution in [0.1, 0.15) is 25.7 Å². The van der Waals surface area contributed by atoms with Gasteiger partial charge in [-0.1, -0.05) is 18.6 Å². The highest BCUT2D eigenvalue weighted by atomic mass is 16.5. The van der Waals surface area contributed by atoms with Crippen LogP contribution < -0.4 is 0 Å². The van der Waals surface area contributed by atoms with Crippen molar-refractivity contribution in [3.05, 3.63) is 23.8 Å². The first kappa shape index (κ1) is 14.0. The van der Waals surface area contributed by atoms with Crippen molar-refractivity contribution in [3.8, 4) is 0 Å². The van der Waals surface area contributed by atoms with Crippen molar-refractivity contribution in [2.45, 2.75) is 25.7 Å². The van der Waals surface area contributed by atoms with Gasteiger partial charge in [0.1, 0.15) is 0 Å². The number of hydrogen-bond acceptors (Lipinski definition) is 5. The van der Waals surface area contributed by atoms with Crippen molar-refractivity contribution in [2.24, 2.45) is 16.7 Å². The molecule has 3 aliphatic rings. The van der Waals surface area contributed by atoms with E-state index in [9.17, 15) is 14.4 Å². The van der Waals surface area contributed by atoms with E-state index in [0.29, 0.717) is 5.57 Å². The van der Waals surface area contributed by atoms with Gasteiger partial charge in [0.15, 0.2) is 11.2 Å². The van der Waals surface area contributed by atoms with E-state index in [1.807, 2.05) is 12.2 Å². The summed E-state index contributed by atoms with van der Waals surface area (Å²) in [5, 5.41) is 0. The van der Waals surface area contributed by atoms with Crippen LogP contribution in [0.3, 0.4) is 0 Å². The molecule has 0 amide bonds. The third-order valence-electron chi connectivity index (χ3n) is 5.20. The molecule has 0 unspecified atom stereocenters. The number of rotatable bonds is 2. The second kappa shape index (κ2) is 4.55. The maximum Gasteiger partial charge on any atom is 0.327 e. The molecule has 3 aliphatic carbocycles. The number of esters is 2. The Kier molecular flexibility index (Phi) is 3.04. The zero-order valence-corrected chi connectivity index (χ0v) is 12.2. The summed E-state index contributed by atoms with van der Waals surface area (Å²) in [6.07, 6.45) is 7.98. The summed E-state index contributed by atoms with van der Waals surface area (Å²) in [5.74, 6) is -1.45. The molecule has 0 N–H and O–H groups in total. The fourth-order valence-corrected chi connectivity index (χ4v) is 4.31. The van der Waals surface area contributed by atoms with E-state index in [1.165, 1.54) is 20.3 Å². The minimum absolute atomic E-state index is 0.00577. The molecule has 3 rings (SSSR count). The van der Waals surface area contributed by atoms with Crippen molar-refractivity contribution in [3.63, 3.8) is 0 Å². The molecule has 21 heavy (non-hydrogen) atoms. The van der Waals surface area contributed by atoms with Crippen LogP contribution in [0.25, 0.3) is 0 Å². The Morgan fingerprint density at radius 1 is 1.24 bits per heavy atom. The van der Waals surface area contributed by atoms with E-state index in [2.05, 4.69) is 0 Å². The Morgan fingerprint density at radius 3 is 2.52 bits per heavy atom. The summed E-state index contributed by atoms with van der Waals surface area (Å²) in [4.78, 5) is 37.1. The van der Waals surface area contributed by atoms with E-state index in [4.69, 9.17) is 9.47 Å². The fraction of sp³-hybridized carbons (Fsp3) is 0.562. The topological polar surface area (TPSA) is 69.7 Å². The number of carbonyl (C=O) groups excluding carboxylic acids is 3. The normalized spacial score (nSPS) is 32.2. The molecule has 1 fully saturated rings. The quantitative estimate of drug-likeness (QED) is 0.438. The van der Waals surface area contributed by atoms with Gasteiger partial charge in [-0.05, 0) is 30.9 Å². The number of methoxy groups -OCH3 is 2. The van der Waals surface area contributed by atoms with Crippen LogP contribution in [-0.2, 0) is 23.9 Å². The van der Waals surface area contributed by atoms with Crippen molar-refractivity contribution >= 4 is 17.7 Å². The average Bonchev–Trinajstić information content (AvgIpc) is 3.02. The molecule has 0 radical (unpaired) electrons. The Hall–Kier alpha value is -1.91. The van der Waals surface area contributed by atoms with E-state index < -0.39 is 22.8 Å². The zero-order chi connectivity index (χ0) is 15.3. The van der Waals surface area contributed by atoms with E-state index >= 15 is 0 Å². The molecule has 5 nitrogen and oxygen atoms in total. The smallest absolute Gasteiger partial charge is 0.327 e. The van der Waals surface area contributed by atoms with E-state index in [0.717, 1.165) is 19.3 Å². The van der Waals surface area contributed by atoms with Crippen LogP contribution >= 0.6 is 0 Å². The predicted octanol–water partition coefficient (Wildman–Crippen LogP) is 1.57. The summed E-state index contributed by atoms with van der Waals surface area (Å²) in [6, 6.07) is 0. The summed E-state index contributed by atoms with van der Waals surface area (Å²) >= 11 is 0. The molecular weight excluding hydrogens is 272 g/mol. The first-order valence-corrected chi connectivity index (χ1v) is 7.14. The Morgan fingerprint density at radius 2 is 1.90 bits per heavy atom. The van der Waals surface area contributed by atoms with Gasteiger partial charge in [-0.25, -0.2) is 0 Å². The molecule has 0 bridgehead atoms. The molecule has 0 heterocycles. The second-order valence-corrected chi connectivity index (χ2v) is 5.94. The fourth-order valence-electron chi connectivity index (χ4n) is 4.31. The largest absolute Gasteiger partial charge is 0.468 e. The van der Waals surface area contributed by atoms with Crippen LogP contribution in [0.5, 0.6) is 0 Å². The van der Waals surface area contributed by atoms with Gasteiger partial charge in [0, 0.05) is 11.3 Å². The molecular formula is C16H18O5. The summed E-state index contributed by atoms with van der Waals surface area (Å²) < 4.78 is 9.76. The van der Waals surface area contributed by atoms with Gasteiger partial charge in [0.05, 0.1) is 14.2 Å². The van der Waals surface area contributed by atoms with Crippen LogP contribution in [-0.4, -0.2) is 31.9 Å². The molecule has 112 valence electrons. The Labute approximate surface area is 123 Å². The Balaban J connectivity index is 2.21. The maximum atomic E-state index is 12.4. The average molecular weight is 290 g/mol. The molecule has 0 aromatic heterocycles. The predicted molar refractivity (Wildman–Crippen MR) is 73.1 cm³/mol. The number of ether oxygens (including phenoxy) is 2. The van der Waals surface area contributed by atoms with Gasteiger partial charge in [-0.3, -0.25) is 14.4 Å². The van der Waals surface area contributed by atoms with Crippen molar-refractivity contribution in [1.82, 2.24) is 0 Å². The highest BCUT2D eigenvalue weighted by Crippen LogP contribution is 2.62. The van der Waals surface area contributed by atoms with Crippen LogP contribution in [0.15, 0.2) is 23.8 Å². The highest BCUT2D eigenvalue weighted by molar-refractivity contribution is 6.09. The third kappa shape index (κ3) is 1.54. The Bertz CT molecular complexity index is 569. The van der Waals surface area contributed by atoms with Crippen LogP contribution in [0, 0.1) is 16.7 Å². The number of hydrogen-bond donors (Lipinski definition) is 0. The van der Waals surface area contributed by atoms with Gasteiger partial charge in [0.2, 0.25) is 0 Å². The van der Waals surface area contributed by atoms with Crippen LogP contribution in [0.2, 0.25) is 0 Å². The molecule has 0 aliphatic heterocycles. The maximum absolute atomic E-state index is 12.4. The summed E-state index contributed by atoms with van der Waals surface area (Å²) in [5.41, 5.74) is -1.44. The lowest BCUT2D eigenvalue weighted by atomic mass is 9.60. The zero-order valence-electron chi connectivity index (χ0n) is 12.2. The number of allylic oxidation sites excluding steroid dienone is 3. The third-order valence-corrected chi connectivity index (χ3v) is 5.20. The lowest BCUT2D eigenvalue weighted by Crippen LogP contribution is -2.48. The van der Waals surface area contributed by atoms with Gasteiger partial charge < -0.3 is 9.47 Å². The summed E-state index contributed by atoms with van der Waals surface area (Å²) in [7, 11) is 2.50. The molecule has 0 aromatic carbocycles. The monoisotopic (exact) mass is 290 g/mol. The molecule has 5 heteroatoms.